The molecule has 1 aliphatic heterocycles. The number of benzene rings is 2. The van der Waals surface area contributed by atoms with Crippen molar-refractivity contribution in [1.29, 1.82) is 0 Å². The lowest BCUT2D eigenvalue weighted by Crippen LogP contribution is -2.46. The highest BCUT2D eigenvalue weighted by Crippen LogP contribution is 2.23. The predicted octanol–water partition coefficient (Wildman–Crippen LogP) is 3.72. The summed E-state index contributed by atoms with van der Waals surface area (Å²) >= 11 is 0. The van der Waals surface area contributed by atoms with Gasteiger partial charge in [0.05, 0.1) is 5.69 Å². The van der Waals surface area contributed by atoms with Crippen molar-refractivity contribution in [2.75, 3.05) is 41.3 Å². The SMILES string of the molecule is O=C(Nc1cc(N2CCN(c3ccccc3)CC2)ncn1)c1cc(-c2ccc(F)cc2F)n[nH]1. The van der Waals surface area contributed by atoms with Crippen LogP contribution in [0.15, 0.2) is 67.0 Å². The van der Waals surface area contributed by atoms with Gasteiger partial charge in [0, 0.05) is 49.6 Å². The zero-order chi connectivity index (χ0) is 23.5. The van der Waals surface area contributed by atoms with E-state index in [0.717, 1.165) is 44.1 Å². The second-order valence-corrected chi connectivity index (χ2v) is 7.82. The molecule has 2 N–H and O–H groups in total. The number of rotatable bonds is 5. The lowest BCUT2D eigenvalue weighted by Gasteiger charge is -2.36. The highest BCUT2D eigenvalue weighted by Gasteiger charge is 2.20. The van der Waals surface area contributed by atoms with Crippen LogP contribution in [-0.2, 0) is 0 Å². The van der Waals surface area contributed by atoms with Gasteiger partial charge >= 0.3 is 0 Å². The summed E-state index contributed by atoms with van der Waals surface area (Å²) in [7, 11) is 0. The third-order valence-corrected chi connectivity index (χ3v) is 5.65. The molecule has 8 nitrogen and oxygen atoms in total. The molecule has 0 spiro atoms. The van der Waals surface area contributed by atoms with Crippen LogP contribution < -0.4 is 15.1 Å². The summed E-state index contributed by atoms with van der Waals surface area (Å²) in [5, 5.41) is 9.26. The van der Waals surface area contributed by atoms with Crippen molar-refractivity contribution in [3.05, 3.63) is 84.3 Å². The molecular formula is C24H21F2N7O. The van der Waals surface area contributed by atoms with Crippen LogP contribution in [0.5, 0.6) is 0 Å². The minimum Gasteiger partial charge on any atom is -0.368 e. The fourth-order valence-electron chi connectivity index (χ4n) is 3.88. The monoisotopic (exact) mass is 461 g/mol. The molecule has 0 unspecified atom stereocenters. The Kier molecular flexibility index (Phi) is 5.86. The van der Waals surface area contributed by atoms with E-state index >= 15 is 0 Å². The first-order valence-electron chi connectivity index (χ1n) is 10.8. The largest absolute Gasteiger partial charge is 0.368 e. The summed E-state index contributed by atoms with van der Waals surface area (Å²) in [5.74, 6) is -0.872. The van der Waals surface area contributed by atoms with E-state index in [1.165, 1.54) is 24.1 Å². The van der Waals surface area contributed by atoms with Crippen molar-refractivity contribution in [3.63, 3.8) is 0 Å². The molecule has 4 aromatic rings. The molecule has 3 heterocycles. The molecule has 2 aromatic carbocycles. The van der Waals surface area contributed by atoms with Gasteiger partial charge in [-0.1, -0.05) is 18.2 Å². The summed E-state index contributed by atoms with van der Waals surface area (Å²) in [4.78, 5) is 25.6. The highest BCUT2D eigenvalue weighted by molar-refractivity contribution is 6.03. The first-order valence-corrected chi connectivity index (χ1v) is 10.8. The van der Waals surface area contributed by atoms with Gasteiger partial charge in [0.15, 0.2) is 0 Å². The number of halogens is 2. The molecule has 1 aliphatic rings. The smallest absolute Gasteiger partial charge is 0.274 e. The average Bonchev–Trinajstić information content (AvgIpc) is 3.35. The van der Waals surface area contributed by atoms with Gasteiger partial charge in [-0.25, -0.2) is 18.7 Å². The van der Waals surface area contributed by atoms with E-state index in [2.05, 4.69) is 47.4 Å². The number of anilines is 3. The van der Waals surface area contributed by atoms with Crippen molar-refractivity contribution in [1.82, 2.24) is 20.2 Å². The van der Waals surface area contributed by atoms with E-state index in [-0.39, 0.29) is 17.0 Å². The molecule has 5 rings (SSSR count). The maximum atomic E-state index is 14.0. The number of hydrogen-bond donors (Lipinski definition) is 2. The molecule has 2 aromatic heterocycles. The Bertz CT molecular complexity index is 1300. The third-order valence-electron chi connectivity index (χ3n) is 5.65. The minimum absolute atomic E-state index is 0.0932. The fourth-order valence-corrected chi connectivity index (χ4v) is 3.88. The van der Waals surface area contributed by atoms with E-state index < -0.39 is 17.5 Å². The van der Waals surface area contributed by atoms with Crippen molar-refractivity contribution in [2.45, 2.75) is 0 Å². The van der Waals surface area contributed by atoms with E-state index in [4.69, 9.17) is 0 Å². The lowest BCUT2D eigenvalue weighted by molar-refractivity contribution is 0.102. The highest BCUT2D eigenvalue weighted by atomic mass is 19.1. The van der Waals surface area contributed by atoms with Crippen molar-refractivity contribution in [2.24, 2.45) is 0 Å². The van der Waals surface area contributed by atoms with Crippen molar-refractivity contribution in [3.8, 4) is 11.3 Å². The number of carbonyl (C=O) groups excluding carboxylic acids is 1. The Hall–Kier alpha value is -4.34. The summed E-state index contributed by atoms with van der Waals surface area (Å²) in [5.41, 5.74) is 1.60. The standard InChI is InChI=1S/C24H21F2N7O/c25-16-6-7-18(19(26)12-16)20-13-21(31-30-20)24(34)29-22-14-23(28-15-27-22)33-10-8-32(9-11-33)17-4-2-1-3-5-17/h1-7,12-15H,8-11H2,(H,30,31)(H,27,28,29,34). The van der Waals surface area contributed by atoms with Gasteiger partial charge in [0.1, 0.15) is 35.3 Å². The van der Waals surface area contributed by atoms with E-state index in [1.807, 2.05) is 18.2 Å². The van der Waals surface area contributed by atoms with E-state index in [9.17, 15) is 13.6 Å². The number of hydrogen-bond acceptors (Lipinski definition) is 6. The molecule has 172 valence electrons. The fraction of sp³-hybridized carbons (Fsp3) is 0.167. The molecule has 1 saturated heterocycles. The van der Waals surface area contributed by atoms with Crippen molar-refractivity contribution < 1.29 is 13.6 Å². The number of H-pyrrole nitrogens is 1. The van der Waals surface area contributed by atoms with Gasteiger partial charge < -0.3 is 15.1 Å². The third kappa shape index (κ3) is 4.56. The number of aromatic nitrogens is 4. The van der Waals surface area contributed by atoms with Gasteiger partial charge in [0.2, 0.25) is 0 Å². The van der Waals surface area contributed by atoms with Gasteiger partial charge in [-0.3, -0.25) is 9.89 Å². The number of aromatic amines is 1. The van der Waals surface area contributed by atoms with Gasteiger partial charge in [-0.2, -0.15) is 5.10 Å². The first kappa shape index (κ1) is 21.5. The number of nitrogens with one attached hydrogen (secondary N) is 2. The van der Waals surface area contributed by atoms with Gasteiger partial charge in [0.25, 0.3) is 5.91 Å². The minimum atomic E-state index is -0.758. The molecule has 1 amide bonds. The Balaban J connectivity index is 1.24. The second kappa shape index (κ2) is 9.26. The number of carbonyl (C=O) groups is 1. The van der Waals surface area contributed by atoms with Crippen LogP contribution in [0, 0.1) is 11.6 Å². The Labute approximate surface area is 194 Å². The number of piperazine rings is 1. The van der Waals surface area contributed by atoms with Crippen LogP contribution in [0.3, 0.4) is 0 Å². The number of amides is 1. The summed E-state index contributed by atoms with van der Waals surface area (Å²) in [6.07, 6.45) is 1.40. The quantitative estimate of drug-likeness (QED) is 0.471. The lowest BCUT2D eigenvalue weighted by atomic mass is 10.1. The zero-order valence-corrected chi connectivity index (χ0v) is 18.1. The topological polar surface area (TPSA) is 90.0 Å². The molecular weight excluding hydrogens is 440 g/mol. The summed E-state index contributed by atoms with van der Waals surface area (Å²) in [6.45, 7) is 3.28. The van der Waals surface area contributed by atoms with E-state index in [1.54, 1.807) is 6.07 Å². The maximum Gasteiger partial charge on any atom is 0.274 e. The molecule has 0 radical (unpaired) electrons. The molecule has 0 atom stereocenters. The first-order chi connectivity index (χ1) is 16.6. The van der Waals surface area contributed by atoms with E-state index in [0.29, 0.717) is 5.82 Å². The van der Waals surface area contributed by atoms with Gasteiger partial charge in [-0.15, -0.1) is 0 Å². The molecule has 0 saturated carbocycles. The number of para-hydroxylation sites is 1. The normalized spacial score (nSPS) is 13.7. The Morgan fingerprint density at radius 3 is 2.44 bits per heavy atom. The van der Waals surface area contributed by atoms with Crippen LogP contribution in [0.25, 0.3) is 11.3 Å². The molecule has 0 bridgehead atoms. The van der Waals surface area contributed by atoms with Gasteiger partial charge in [-0.05, 0) is 30.3 Å². The molecule has 10 heteroatoms. The van der Waals surface area contributed by atoms with Crippen LogP contribution in [0.4, 0.5) is 26.1 Å². The second-order valence-electron chi connectivity index (χ2n) is 7.82. The zero-order valence-electron chi connectivity index (χ0n) is 18.1. The summed E-state index contributed by atoms with van der Waals surface area (Å²) in [6, 6.07) is 16.5. The maximum absolute atomic E-state index is 14.0. The Morgan fingerprint density at radius 2 is 1.68 bits per heavy atom. The molecule has 34 heavy (non-hydrogen) atoms. The average molecular weight is 461 g/mol. The van der Waals surface area contributed by atoms with Crippen LogP contribution in [0.1, 0.15) is 10.5 Å². The van der Waals surface area contributed by atoms with Crippen LogP contribution in [-0.4, -0.2) is 52.3 Å². The van der Waals surface area contributed by atoms with Crippen LogP contribution >= 0.6 is 0 Å². The Morgan fingerprint density at radius 1 is 0.912 bits per heavy atom. The molecule has 0 aliphatic carbocycles. The predicted molar refractivity (Wildman–Crippen MR) is 125 cm³/mol. The molecule has 1 fully saturated rings. The van der Waals surface area contributed by atoms with Crippen LogP contribution in [0.2, 0.25) is 0 Å². The number of nitrogens with zero attached hydrogens (tertiary/aromatic N) is 5. The van der Waals surface area contributed by atoms with Crippen molar-refractivity contribution >= 4 is 23.2 Å². The summed E-state index contributed by atoms with van der Waals surface area (Å²) < 4.78 is 27.2.